The van der Waals surface area contributed by atoms with Gasteiger partial charge in [-0.15, -0.1) is 16.4 Å². The van der Waals surface area contributed by atoms with Crippen LogP contribution in [0.4, 0.5) is 0 Å². The third-order valence-corrected chi connectivity index (χ3v) is 7.82. The number of aliphatic imine (C=N–C) groups is 1. The van der Waals surface area contributed by atoms with Gasteiger partial charge in [-0.25, -0.2) is 4.98 Å². The highest BCUT2D eigenvalue weighted by atomic mass is 35.5. The summed E-state index contributed by atoms with van der Waals surface area (Å²) < 4.78 is 0.889. The minimum atomic E-state index is -0.621. The second kappa shape index (κ2) is 6.83. The quantitative estimate of drug-likeness (QED) is 0.736. The lowest BCUT2D eigenvalue weighted by atomic mass is 9.91. The average Bonchev–Trinajstić information content (AvgIpc) is 3.38. The molecule has 3 unspecified atom stereocenters. The maximum atomic E-state index is 13.5. The van der Waals surface area contributed by atoms with Crippen molar-refractivity contribution < 1.29 is 4.79 Å². The number of hydrogen-bond donors (Lipinski definition) is 1. The normalized spacial score (nSPS) is 28.4. The lowest BCUT2D eigenvalue weighted by Crippen LogP contribution is -2.66. The molecule has 1 amide bonds. The number of rotatable bonds is 1. The van der Waals surface area contributed by atoms with Crippen molar-refractivity contribution >= 4 is 56.6 Å². The van der Waals surface area contributed by atoms with Crippen LogP contribution in [0.15, 0.2) is 32.8 Å². The molecule has 0 radical (unpaired) electrons. The summed E-state index contributed by atoms with van der Waals surface area (Å²) in [6, 6.07) is 4.48. The summed E-state index contributed by atoms with van der Waals surface area (Å²) >= 11 is 8.13. The molecule has 0 saturated carbocycles. The molecular formula is C20H20ClN7OS. The van der Waals surface area contributed by atoms with Crippen LogP contribution in [0.2, 0.25) is 5.02 Å². The summed E-state index contributed by atoms with van der Waals surface area (Å²) in [6.07, 6.45) is 3.42. The summed E-state index contributed by atoms with van der Waals surface area (Å²) in [5.41, 5.74) is 3.88. The monoisotopic (exact) mass is 441 g/mol. The number of thiazole rings is 1. The van der Waals surface area contributed by atoms with E-state index in [4.69, 9.17) is 16.6 Å². The molecule has 2 bridgehead atoms. The number of nitrogens with zero attached hydrogens (tertiary/aromatic N) is 6. The number of halogens is 1. The molecule has 4 aliphatic heterocycles. The molecule has 0 aliphatic carbocycles. The summed E-state index contributed by atoms with van der Waals surface area (Å²) in [4.78, 5) is 26.6. The molecule has 2 saturated heterocycles. The van der Waals surface area contributed by atoms with Crippen LogP contribution >= 0.6 is 22.9 Å². The smallest absolute Gasteiger partial charge is 0.246 e. The number of carbonyl (C=O) groups excluding carboxylic acids is 1. The van der Waals surface area contributed by atoms with Crippen molar-refractivity contribution in [2.24, 2.45) is 21.1 Å². The van der Waals surface area contributed by atoms with Crippen molar-refractivity contribution in [3.8, 4) is 0 Å². The number of piperidine rings is 1. The second-order valence-corrected chi connectivity index (χ2v) is 9.35. The first kappa shape index (κ1) is 18.4. The number of guanidine groups is 1. The highest BCUT2D eigenvalue weighted by Gasteiger charge is 2.46. The third kappa shape index (κ3) is 2.58. The summed E-state index contributed by atoms with van der Waals surface area (Å²) in [5.74, 6) is 0.475. The van der Waals surface area contributed by atoms with E-state index in [1.165, 1.54) is 17.8 Å². The van der Waals surface area contributed by atoms with Gasteiger partial charge in [0.05, 0.1) is 26.5 Å². The van der Waals surface area contributed by atoms with E-state index in [1.807, 2.05) is 12.1 Å². The molecule has 0 spiro atoms. The van der Waals surface area contributed by atoms with E-state index in [0.717, 1.165) is 41.7 Å². The predicted molar refractivity (Wildman–Crippen MR) is 118 cm³/mol. The van der Waals surface area contributed by atoms with Crippen molar-refractivity contribution in [3.05, 3.63) is 28.2 Å². The van der Waals surface area contributed by atoms with Gasteiger partial charge in [0, 0.05) is 37.8 Å². The Morgan fingerprint density at radius 3 is 2.80 bits per heavy atom. The minimum absolute atomic E-state index is 0.0629. The van der Waals surface area contributed by atoms with Crippen molar-refractivity contribution in [2.45, 2.75) is 31.3 Å². The topological polar surface area (TPSA) is 85.5 Å². The lowest BCUT2D eigenvalue weighted by Gasteiger charge is -2.50. The molecule has 10 heteroatoms. The number of piperazine rings is 1. The molecule has 1 aromatic heterocycles. The number of aromatic nitrogens is 1. The summed E-state index contributed by atoms with van der Waals surface area (Å²) in [6.45, 7) is 1.83. The van der Waals surface area contributed by atoms with Gasteiger partial charge < -0.3 is 10.2 Å². The Kier molecular flexibility index (Phi) is 4.19. The molecule has 6 rings (SSSR count). The van der Waals surface area contributed by atoms with Gasteiger partial charge in [-0.2, -0.15) is 10.1 Å². The van der Waals surface area contributed by atoms with Gasteiger partial charge in [0.15, 0.2) is 5.84 Å². The Hall–Kier alpha value is -2.36. The molecule has 1 aromatic carbocycles. The van der Waals surface area contributed by atoms with Crippen LogP contribution in [-0.4, -0.2) is 70.4 Å². The van der Waals surface area contributed by atoms with E-state index in [-0.39, 0.29) is 5.91 Å². The molecule has 2 fully saturated rings. The first-order valence-electron chi connectivity index (χ1n) is 10.2. The zero-order valence-electron chi connectivity index (χ0n) is 16.4. The van der Waals surface area contributed by atoms with Crippen molar-refractivity contribution in [2.75, 3.05) is 20.1 Å². The number of amides is 1. The zero-order valence-corrected chi connectivity index (χ0v) is 17.9. The molecule has 1 N–H and O–H groups in total. The second-order valence-electron chi connectivity index (χ2n) is 8.12. The highest BCUT2D eigenvalue weighted by Crippen LogP contribution is 2.35. The van der Waals surface area contributed by atoms with Gasteiger partial charge >= 0.3 is 0 Å². The van der Waals surface area contributed by atoms with E-state index < -0.39 is 5.92 Å². The number of carbonyl (C=O) groups is 1. The van der Waals surface area contributed by atoms with Crippen molar-refractivity contribution in [1.29, 1.82) is 0 Å². The predicted octanol–water partition coefficient (Wildman–Crippen LogP) is 2.34. The maximum absolute atomic E-state index is 13.5. The molecule has 4 aliphatic rings. The van der Waals surface area contributed by atoms with Crippen molar-refractivity contribution in [3.63, 3.8) is 0 Å². The third-order valence-electron chi connectivity index (χ3n) is 6.45. The number of nitrogens with one attached hydrogen (secondary N) is 1. The van der Waals surface area contributed by atoms with Crippen LogP contribution in [0.1, 0.15) is 24.8 Å². The molecule has 30 heavy (non-hydrogen) atoms. The standard InChI is InChI=1S/C20H20ClN7OS/c1-27-19(29)14-16(12-5-6-13-17(15(12)21)30-9-23-13)25-26-18(14)24-20(27)28-10-3-2-4-11(28)8-22-7-10/h5-6,9-11,14,22H,2-4,7-8H2,1H3. The van der Waals surface area contributed by atoms with Crippen LogP contribution < -0.4 is 5.32 Å². The Balaban J connectivity index is 1.38. The van der Waals surface area contributed by atoms with Gasteiger partial charge in [0.2, 0.25) is 11.9 Å². The van der Waals surface area contributed by atoms with Gasteiger partial charge in [-0.05, 0) is 31.4 Å². The van der Waals surface area contributed by atoms with Gasteiger partial charge in [-0.1, -0.05) is 11.6 Å². The van der Waals surface area contributed by atoms with E-state index in [9.17, 15) is 4.79 Å². The first-order chi connectivity index (χ1) is 14.6. The van der Waals surface area contributed by atoms with Crippen LogP contribution in [0.5, 0.6) is 0 Å². The number of fused-ring (bicyclic) bond motifs is 4. The van der Waals surface area contributed by atoms with Crippen LogP contribution in [-0.2, 0) is 4.79 Å². The summed E-state index contributed by atoms with van der Waals surface area (Å²) in [7, 11) is 1.81. The molecule has 2 aromatic rings. The molecule has 154 valence electrons. The number of benzene rings is 1. The van der Waals surface area contributed by atoms with Gasteiger partial charge in [0.25, 0.3) is 0 Å². The van der Waals surface area contributed by atoms with Gasteiger partial charge in [-0.3, -0.25) is 9.69 Å². The zero-order chi connectivity index (χ0) is 20.4. The molecule has 5 heterocycles. The van der Waals surface area contributed by atoms with Crippen molar-refractivity contribution in [1.82, 2.24) is 20.1 Å². The SMILES string of the molecule is CN1C(=O)C2C(=NN=C2c2ccc3ncsc3c2Cl)N=C1N1C2CCCC1CNC2. The Morgan fingerprint density at radius 1 is 1.20 bits per heavy atom. The van der Waals surface area contributed by atoms with E-state index in [0.29, 0.717) is 34.6 Å². The molecule has 8 nitrogen and oxygen atoms in total. The largest absolute Gasteiger partial charge is 0.334 e. The summed E-state index contributed by atoms with van der Waals surface area (Å²) in [5, 5.41) is 12.7. The van der Waals surface area contributed by atoms with Crippen LogP contribution in [0.25, 0.3) is 10.2 Å². The Labute approximate surface area is 182 Å². The molecular weight excluding hydrogens is 422 g/mol. The highest BCUT2D eigenvalue weighted by molar-refractivity contribution is 7.17. The van der Waals surface area contributed by atoms with E-state index >= 15 is 0 Å². The van der Waals surface area contributed by atoms with E-state index in [2.05, 4.69) is 25.4 Å². The van der Waals surface area contributed by atoms with Gasteiger partial charge in [0.1, 0.15) is 5.92 Å². The Morgan fingerprint density at radius 2 is 2.00 bits per heavy atom. The fraction of sp³-hybridized carbons (Fsp3) is 0.450. The maximum Gasteiger partial charge on any atom is 0.246 e. The average molecular weight is 442 g/mol. The van der Waals surface area contributed by atoms with Crippen LogP contribution in [0, 0.1) is 5.92 Å². The number of hydrogen-bond acceptors (Lipinski definition) is 8. The first-order valence-corrected chi connectivity index (χ1v) is 11.4. The van der Waals surface area contributed by atoms with Crippen LogP contribution in [0.3, 0.4) is 0 Å². The fourth-order valence-electron chi connectivity index (χ4n) is 4.97. The lowest BCUT2D eigenvalue weighted by molar-refractivity contribution is -0.127. The molecule has 3 atom stereocenters. The minimum Gasteiger partial charge on any atom is -0.334 e. The Bertz CT molecular complexity index is 1130. The number of amidine groups is 1. The fourth-order valence-corrected chi connectivity index (χ4v) is 6.09. The van der Waals surface area contributed by atoms with E-state index in [1.54, 1.807) is 17.5 Å².